The Morgan fingerprint density at radius 1 is 1.32 bits per heavy atom. The fraction of sp³-hybridized carbons (Fsp3) is 0.143. The number of carbonyl (C=O) groups excluding carboxylic acids is 1. The third-order valence-electron chi connectivity index (χ3n) is 2.45. The van der Waals surface area contributed by atoms with E-state index in [-0.39, 0.29) is 5.91 Å². The van der Waals surface area contributed by atoms with E-state index in [1.165, 1.54) is 6.92 Å². The van der Waals surface area contributed by atoms with Gasteiger partial charge in [0, 0.05) is 25.7 Å². The van der Waals surface area contributed by atoms with Gasteiger partial charge in [0.25, 0.3) is 0 Å². The van der Waals surface area contributed by atoms with Crippen LogP contribution in [0, 0.1) is 0 Å². The molecule has 0 radical (unpaired) electrons. The predicted molar refractivity (Wildman–Crippen MR) is 72.9 cm³/mol. The molecule has 0 bridgehead atoms. The number of ether oxygens (including phenoxy) is 1. The number of para-hydroxylation sites is 2. The first-order valence-corrected chi connectivity index (χ1v) is 5.88. The van der Waals surface area contributed by atoms with Crippen LogP contribution in [0.3, 0.4) is 0 Å². The quantitative estimate of drug-likeness (QED) is 0.881. The molecule has 0 unspecified atom stereocenters. The van der Waals surface area contributed by atoms with E-state index >= 15 is 0 Å². The summed E-state index contributed by atoms with van der Waals surface area (Å²) in [5, 5.41) is 2.70. The van der Waals surface area contributed by atoms with Crippen molar-refractivity contribution >= 4 is 11.6 Å². The van der Waals surface area contributed by atoms with Crippen molar-refractivity contribution in [2.75, 3.05) is 5.32 Å². The lowest BCUT2D eigenvalue weighted by molar-refractivity contribution is -0.114. The van der Waals surface area contributed by atoms with Gasteiger partial charge in [-0.15, -0.1) is 0 Å². The summed E-state index contributed by atoms with van der Waals surface area (Å²) in [6.45, 7) is 1.89. The van der Waals surface area contributed by atoms with E-state index in [0.29, 0.717) is 23.9 Å². The van der Waals surface area contributed by atoms with Crippen LogP contribution in [0.15, 0.2) is 42.6 Å². The second-order valence-electron chi connectivity index (χ2n) is 3.99. The van der Waals surface area contributed by atoms with Crippen LogP contribution in [-0.2, 0) is 11.3 Å². The number of rotatable bonds is 4. The van der Waals surface area contributed by atoms with Gasteiger partial charge in [-0.25, -0.2) is 4.98 Å². The summed E-state index contributed by atoms with van der Waals surface area (Å²) < 4.78 is 5.64. The smallest absolute Gasteiger partial charge is 0.221 e. The van der Waals surface area contributed by atoms with Gasteiger partial charge in [0.1, 0.15) is 0 Å². The van der Waals surface area contributed by atoms with Crippen LogP contribution < -0.4 is 15.8 Å². The van der Waals surface area contributed by atoms with Gasteiger partial charge in [-0.1, -0.05) is 18.2 Å². The van der Waals surface area contributed by atoms with Crippen LogP contribution in [0.25, 0.3) is 0 Å². The van der Waals surface area contributed by atoms with Gasteiger partial charge >= 0.3 is 0 Å². The standard InChI is InChI=1S/C14H15N3O2/c1-10(18)17-12-4-2-3-5-13(12)19-14-7-6-11(8-15)9-16-14/h2-7,9H,8,15H2,1H3,(H,17,18). The number of carbonyl (C=O) groups is 1. The van der Waals surface area contributed by atoms with Crippen molar-refractivity contribution < 1.29 is 9.53 Å². The Bertz CT molecular complexity index is 567. The van der Waals surface area contributed by atoms with Crippen LogP contribution in [0.5, 0.6) is 11.6 Å². The molecule has 2 rings (SSSR count). The van der Waals surface area contributed by atoms with Crippen LogP contribution in [0.4, 0.5) is 5.69 Å². The largest absolute Gasteiger partial charge is 0.437 e. The van der Waals surface area contributed by atoms with Crippen molar-refractivity contribution in [1.29, 1.82) is 0 Å². The summed E-state index contributed by atoms with van der Waals surface area (Å²) in [7, 11) is 0. The van der Waals surface area contributed by atoms with Crippen molar-refractivity contribution in [2.24, 2.45) is 5.73 Å². The van der Waals surface area contributed by atoms with Gasteiger partial charge in [0.05, 0.1) is 5.69 Å². The van der Waals surface area contributed by atoms with Gasteiger partial charge in [-0.05, 0) is 17.7 Å². The van der Waals surface area contributed by atoms with E-state index in [0.717, 1.165) is 5.56 Å². The Balaban J connectivity index is 2.19. The first-order chi connectivity index (χ1) is 9.19. The molecule has 98 valence electrons. The molecule has 5 heteroatoms. The van der Waals surface area contributed by atoms with Crippen molar-refractivity contribution in [3.8, 4) is 11.6 Å². The Labute approximate surface area is 111 Å². The van der Waals surface area contributed by atoms with E-state index < -0.39 is 0 Å². The highest BCUT2D eigenvalue weighted by Gasteiger charge is 2.06. The number of anilines is 1. The second-order valence-corrected chi connectivity index (χ2v) is 3.99. The lowest BCUT2D eigenvalue weighted by Gasteiger charge is -2.10. The molecule has 1 aromatic carbocycles. The molecule has 2 aromatic rings. The van der Waals surface area contributed by atoms with Crippen molar-refractivity contribution in [1.82, 2.24) is 4.98 Å². The van der Waals surface area contributed by atoms with Gasteiger partial charge in [0.2, 0.25) is 11.8 Å². The fourth-order valence-corrected chi connectivity index (χ4v) is 1.55. The number of amides is 1. The number of aromatic nitrogens is 1. The van der Waals surface area contributed by atoms with Crippen molar-refractivity contribution in [3.63, 3.8) is 0 Å². The average Bonchev–Trinajstić information content (AvgIpc) is 2.41. The lowest BCUT2D eigenvalue weighted by Crippen LogP contribution is -2.06. The highest BCUT2D eigenvalue weighted by molar-refractivity contribution is 5.90. The molecule has 0 saturated carbocycles. The second kappa shape index (κ2) is 5.97. The minimum absolute atomic E-state index is 0.150. The molecule has 5 nitrogen and oxygen atoms in total. The van der Waals surface area contributed by atoms with Crippen molar-refractivity contribution in [3.05, 3.63) is 48.2 Å². The summed E-state index contributed by atoms with van der Waals surface area (Å²) in [6.07, 6.45) is 1.66. The van der Waals surface area contributed by atoms with Gasteiger partial charge < -0.3 is 15.8 Å². The lowest BCUT2D eigenvalue weighted by atomic mass is 10.3. The molecule has 19 heavy (non-hydrogen) atoms. The number of benzene rings is 1. The molecule has 0 aliphatic rings. The summed E-state index contributed by atoms with van der Waals surface area (Å²) in [5.74, 6) is 0.850. The van der Waals surface area contributed by atoms with Gasteiger partial charge in [-0.2, -0.15) is 0 Å². The molecule has 0 saturated heterocycles. The highest BCUT2D eigenvalue weighted by atomic mass is 16.5. The minimum Gasteiger partial charge on any atom is -0.437 e. The Morgan fingerprint density at radius 2 is 2.11 bits per heavy atom. The maximum atomic E-state index is 11.1. The molecule has 3 N–H and O–H groups in total. The Kier molecular flexibility index (Phi) is 4.10. The number of pyridine rings is 1. The molecule has 1 heterocycles. The van der Waals surface area contributed by atoms with E-state index in [1.54, 1.807) is 24.4 Å². The topological polar surface area (TPSA) is 77.2 Å². The van der Waals surface area contributed by atoms with E-state index in [4.69, 9.17) is 10.5 Å². The van der Waals surface area contributed by atoms with Crippen molar-refractivity contribution in [2.45, 2.75) is 13.5 Å². The van der Waals surface area contributed by atoms with Gasteiger partial charge in [0.15, 0.2) is 5.75 Å². The maximum Gasteiger partial charge on any atom is 0.221 e. The van der Waals surface area contributed by atoms with Crippen LogP contribution in [0.2, 0.25) is 0 Å². The molecule has 0 aliphatic heterocycles. The van der Waals surface area contributed by atoms with Crippen LogP contribution >= 0.6 is 0 Å². The first-order valence-electron chi connectivity index (χ1n) is 5.88. The van der Waals surface area contributed by atoms with Crippen LogP contribution in [-0.4, -0.2) is 10.9 Å². The fourth-order valence-electron chi connectivity index (χ4n) is 1.55. The average molecular weight is 257 g/mol. The summed E-state index contributed by atoms with van der Waals surface area (Å²) in [6, 6.07) is 10.8. The third-order valence-corrected chi connectivity index (χ3v) is 2.45. The maximum absolute atomic E-state index is 11.1. The monoisotopic (exact) mass is 257 g/mol. The van der Waals surface area contributed by atoms with E-state index in [1.807, 2.05) is 18.2 Å². The normalized spacial score (nSPS) is 10.0. The first kappa shape index (κ1) is 13.0. The SMILES string of the molecule is CC(=O)Nc1ccccc1Oc1ccc(CN)cn1. The molecule has 1 aromatic heterocycles. The number of hydrogen-bond acceptors (Lipinski definition) is 4. The summed E-state index contributed by atoms with van der Waals surface area (Å²) in [5.41, 5.74) is 7.05. The minimum atomic E-state index is -0.150. The summed E-state index contributed by atoms with van der Waals surface area (Å²) >= 11 is 0. The number of hydrogen-bond donors (Lipinski definition) is 2. The van der Waals surface area contributed by atoms with Gasteiger partial charge in [-0.3, -0.25) is 4.79 Å². The zero-order valence-corrected chi connectivity index (χ0v) is 10.6. The highest BCUT2D eigenvalue weighted by Crippen LogP contribution is 2.28. The number of nitrogens with two attached hydrogens (primary N) is 1. The molecule has 0 fully saturated rings. The number of nitrogens with one attached hydrogen (secondary N) is 1. The number of nitrogens with zero attached hydrogens (tertiary/aromatic N) is 1. The summed E-state index contributed by atoms with van der Waals surface area (Å²) in [4.78, 5) is 15.3. The Hall–Kier alpha value is -2.40. The molecule has 0 spiro atoms. The molecular formula is C14H15N3O2. The van der Waals surface area contributed by atoms with Crippen LogP contribution in [0.1, 0.15) is 12.5 Å². The molecule has 1 amide bonds. The predicted octanol–water partition coefficient (Wildman–Crippen LogP) is 2.29. The zero-order chi connectivity index (χ0) is 13.7. The zero-order valence-electron chi connectivity index (χ0n) is 10.6. The molecule has 0 aliphatic carbocycles. The third kappa shape index (κ3) is 3.53. The Morgan fingerprint density at radius 3 is 2.74 bits per heavy atom. The van der Waals surface area contributed by atoms with E-state index in [2.05, 4.69) is 10.3 Å². The van der Waals surface area contributed by atoms with E-state index in [9.17, 15) is 4.79 Å². The molecular weight excluding hydrogens is 242 g/mol. The molecule has 0 atom stereocenters.